The Morgan fingerprint density at radius 2 is 1.88 bits per heavy atom. The van der Waals surface area contributed by atoms with E-state index in [-0.39, 0.29) is 0 Å². The highest BCUT2D eigenvalue weighted by Crippen LogP contribution is 2.17. The highest BCUT2D eigenvalue weighted by molar-refractivity contribution is 4.81. The third kappa shape index (κ3) is 5.84. The lowest BCUT2D eigenvalue weighted by molar-refractivity contribution is 0.182. The highest BCUT2D eigenvalue weighted by atomic mass is 15.2. The van der Waals surface area contributed by atoms with Gasteiger partial charge < -0.3 is 15.1 Å². The van der Waals surface area contributed by atoms with Gasteiger partial charge in [0.05, 0.1) is 0 Å². The van der Waals surface area contributed by atoms with E-state index in [0.29, 0.717) is 0 Å². The smallest absolute Gasteiger partial charge is 0.0109 e. The minimum absolute atomic E-state index is 0.766. The first-order valence-electron chi connectivity index (χ1n) is 7.06. The molecule has 3 nitrogen and oxygen atoms in total. The van der Waals surface area contributed by atoms with Crippen LogP contribution in [0.4, 0.5) is 0 Å². The van der Waals surface area contributed by atoms with Crippen LogP contribution in [0.2, 0.25) is 0 Å². The summed E-state index contributed by atoms with van der Waals surface area (Å²) < 4.78 is 0. The maximum atomic E-state index is 3.51. The second kappa shape index (κ2) is 7.34. The van der Waals surface area contributed by atoms with Gasteiger partial charge >= 0.3 is 0 Å². The van der Waals surface area contributed by atoms with Crippen LogP contribution in [0, 0.1) is 17.8 Å². The summed E-state index contributed by atoms with van der Waals surface area (Å²) in [6, 6.07) is 0. The van der Waals surface area contributed by atoms with Crippen molar-refractivity contribution < 1.29 is 0 Å². The predicted octanol–water partition coefficient (Wildman–Crippen LogP) is 1.36. The molecule has 1 heterocycles. The lowest BCUT2D eigenvalue weighted by Crippen LogP contribution is -2.39. The van der Waals surface area contributed by atoms with Crippen LogP contribution in [0.25, 0.3) is 0 Å². The molecule has 102 valence electrons. The van der Waals surface area contributed by atoms with Crippen molar-refractivity contribution in [3.05, 3.63) is 0 Å². The van der Waals surface area contributed by atoms with Crippen LogP contribution in [0.15, 0.2) is 0 Å². The molecule has 1 N–H and O–H groups in total. The third-order valence-electron chi connectivity index (χ3n) is 3.66. The number of nitrogens with one attached hydrogen (secondary N) is 1. The topological polar surface area (TPSA) is 18.5 Å². The highest BCUT2D eigenvalue weighted by Gasteiger charge is 2.25. The average molecular weight is 241 g/mol. The Morgan fingerprint density at radius 3 is 2.35 bits per heavy atom. The van der Waals surface area contributed by atoms with Crippen molar-refractivity contribution in [2.75, 3.05) is 53.4 Å². The normalized spacial score (nSPS) is 25.4. The Kier molecular flexibility index (Phi) is 6.45. The molecule has 0 saturated carbocycles. The number of hydrogen-bond acceptors (Lipinski definition) is 3. The molecular formula is C14H31N3. The van der Waals surface area contributed by atoms with E-state index >= 15 is 0 Å². The Labute approximate surface area is 108 Å². The molecule has 0 aliphatic carbocycles. The molecule has 17 heavy (non-hydrogen) atoms. The fourth-order valence-corrected chi connectivity index (χ4v) is 2.56. The SMILES string of the molecule is CC(C)CN(CCN(C)C)C[C@@H]1CNC[C@H]1C. The summed E-state index contributed by atoms with van der Waals surface area (Å²) >= 11 is 0. The zero-order valence-corrected chi connectivity index (χ0v) is 12.4. The van der Waals surface area contributed by atoms with E-state index in [1.165, 1.54) is 39.3 Å². The molecular weight excluding hydrogens is 210 g/mol. The van der Waals surface area contributed by atoms with Gasteiger partial charge in [-0.1, -0.05) is 20.8 Å². The summed E-state index contributed by atoms with van der Waals surface area (Å²) in [6.45, 7) is 14.3. The lowest BCUT2D eigenvalue weighted by atomic mass is 9.97. The number of likely N-dealkylation sites (N-methyl/N-ethyl adjacent to an activating group) is 1. The van der Waals surface area contributed by atoms with Crippen LogP contribution in [-0.2, 0) is 0 Å². The van der Waals surface area contributed by atoms with E-state index in [0.717, 1.165) is 17.8 Å². The first-order chi connectivity index (χ1) is 7.99. The minimum atomic E-state index is 0.766. The molecule has 1 saturated heterocycles. The lowest BCUT2D eigenvalue weighted by Gasteiger charge is -2.29. The molecule has 1 aliphatic rings. The maximum Gasteiger partial charge on any atom is 0.0109 e. The summed E-state index contributed by atoms with van der Waals surface area (Å²) in [5.74, 6) is 2.45. The molecule has 0 bridgehead atoms. The summed E-state index contributed by atoms with van der Waals surface area (Å²) in [6.07, 6.45) is 0. The molecule has 0 aromatic carbocycles. The van der Waals surface area contributed by atoms with Gasteiger partial charge in [-0.15, -0.1) is 0 Å². The van der Waals surface area contributed by atoms with Crippen LogP contribution in [0.1, 0.15) is 20.8 Å². The number of nitrogens with zero attached hydrogens (tertiary/aromatic N) is 2. The van der Waals surface area contributed by atoms with Crippen LogP contribution in [-0.4, -0.2) is 63.2 Å². The largest absolute Gasteiger partial charge is 0.316 e. The van der Waals surface area contributed by atoms with E-state index in [9.17, 15) is 0 Å². The quantitative estimate of drug-likeness (QED) is 0.726. The van der Waals surface area contributed by atoms with E-state index in [2.05, 4.69) is 50.0 Å². The van der Waals surface area contributed by atoms with Crippen molar-refractivity contribution in [3.8, 4) is 0 Å². The van der Waals surface area contributed by atoms with Crippen molar-refractivity contribution in [3.63, 3.8) is 0 Å². The van der Waals surface area contributed by atoms with Gasteiger partial charge in [-0.2, -0.15) is 0 Å². The van der Waals surface area contributed by atoms with E-state index < -0.39 is 0 Å². The van der Waals surface area contributed by atoms with Crippen LogP contribution < -0.4 is 5.32 Å². The van der Waals surface area contributed by atoms with Gasteiger partial charge in [0.25, 0.3) is 0 Å². The molecule has 0 amide bonds. The number of rotatable bonds is 7. The zero-order valence-electron chi connectivity index (χ0n) is 12.4. The van der Waals surface area contributed by atoms with E-state index in [1.807, 2.05) is 0 Å². The second-order valence-electron chi connectivity index (χ2n) is 6.35. The maximum absolute atomic E-state index is 3.51. The third-order valence-corrected chi connectivity index (χ3v) is 3.66. The molecule has 1 rings (SSSR count). The van der Waals surface area contributed by atoms with E-state index in [4.69, 9.17) is 0 Å². The molecule has 0 radical (unpaired) electrons. The fraction of sp³-hybridized carbons (Fsp3) is 1.00. The summed E-state index contributed by atoms with van der Waals surface area (Å²) in [5, 5.41) is 3.51. The van der Waals surface area contributed by atoms with Gasteiger partial charge in [-0.25, -0.2) is 0 Å². The Balaban J connectivity index is 2.38. The molecule has 3 heteroatoms. The Bertz CT molecular complexity index is 204. The number of hydrogen-bond donors (Lipinski definition) is 1. The first kappa shape index (κ1) is 14.9. The van der Waals surface area contributed by atoms with Crippen molar-refractivity contribution in [2.45, 2.75) is 20.8 Å². The van der Waals surface area contributed by atoms with Gasteiger partial charge in [-0.05, 0) is 44.9 Å². The monoisotopic (exact) mass is 241 g/mol. The second-order valence-corrected chi connectivity index (χ2v) is 6.35. The van der Waals surface area contributed by atoms with Crippen LogP contribution in [0.5, 0.6) is 0 Å². The van der Waals surface area contributed by atoms with Gasteiger partial charge in [0.2, 0.25) is 0 Å². The molecule has 0 spiro atoms. The van der Waals surface area contributed by atoms with Crippen molar-refractivity contribution >= 4 is 0 Å². The Morgan fingerprint density at radius 1 is 1.18 bits per heavy atom. The van der Waals surface area contributed by atoms with Crippen LogP contribution in [0.3, 0.4) is 0 Å². The molecule has 2 atom stereocenters. The Hall–Kier alpha value is -0.120. The predicted molar refractivity (Wildman–Crippen MR) is 75.4 cm³/mol. The average Bonchev–Trinajstić information content (AvgIpc) is 2.60. The van der Waals surface area contributed by atoms with Crippen molar-refractivity contribution in [1.29, 1.82) is 0 Å². The zero-order chi connectivity index (χ0) is 12.8. The summed E-state index contributed by atoms with van der Waals surface area (Å²) in [7, 11) is 4.32. The molecule has 0 aromatic rings. The van der Waals surface area contributed by atoms with Gasteiger partial charge in [0.15, 0.2) is 0 Å². The van der Waals surface area contributed by atoms with Gasteiger partial charge in [0.1, 0.15) is 0 Å². The molecule has 0 aromatic heterocycles. The van der Waals surface area contributed by atoms with Crippen molar-refractivity contribution in [2.24, 2.45) is 17.8 Å². The molecule has 1 aliphatic heterocycles. The minimum Gasteiger partial charge on any atom is -0.316 e. The van der Waals surface area contributed by atoms with Gasteiger partial charge in [-0.3, -0.25) is 0 Å². The summed E-state index contributed by atoms with van der Waals surface area (Å²) in [4.78, 5) is 4.93. The van der Waals surface area contributed by atoms with Crippen molar-refractivity contribution in [1.82, 2.24) is 15.1 Å². The molecule has 0 unspecified atom stereocenters. The van der Waals surface area contributed by atoms with E-state index in [1.54, 1.807) is 0 Å². The first-order valence-corrected chi connectivity index (χ1v) is 7.06. The van der Waals surface area contributed by atoms with Gasteiger partial charge in [0, 0.05) is 26.2 Å². The fourth-order valence-electron chi connectivity index (χ4n) is 2.56. The summed E-state index contributed by atoms with van der Waals surface area (Å²) in [5.41, 5.74) is 0. The van der Waals surface area contributed by atoms with Crippen LogP contribution >= 0.6 is 0 Å². The molecule has 1 fully saturated rings. The standard InChI is InChI=1S/C14H31N3/c1-12(2)10-17(7-6-16(4)5)11-14-9-15-8-13(14)3/h12-15H,6-11H2,1-5H3/t13-,14+/m1/s1.